The predicted octanol–water partition coefficient (Wildman–Crippen LogP) is 3.65. The van der Waals surface area contributed by atoms with Gasteiger partial charge in [0, 0.05) is 4.47 Å². The van der Waals surface area contributed by atoms with Gasteiger partial charge in [-0.05, 0) is 41.7 Å². The van der Waals surface area contributed by atoms with E-state index in [9.17, 15) is 9.59 Å². The van der Waals surface area contributed by atoms with Crippen molar-refractivity contribution in [2.45, 2.75) is 33.1 Å². The Bertz CT molecular complexity index is 776. The summed E-state index contributed by atoms with van der Waals surface area (Å²) < 4.78 is 6.67. The minimum absolute atomic E-state index is 0.174. The predicted molar refractivity (Wildman–Crippen MR) is 105 cm³/mol. The van der Waals surface area contributed by atoms with Gasteiger partial charge >= 0.3 is 0 Å². The number of aryl methyl sites for hydroxylation is 1. The van der Waals surface area contributed by atoms with E-state index in [0.29, 0.717) is 5.75 Å². The number of hydrazine groups is 1. The maximum atomic E-state index is 11.9. The summed E-state index contributed by atoms with van der Waals surface area (Å²) in [5, 5.41) is 0. The molecule has 26 heavy (non-hydrogen) atoms. The van der Waals surface area contributed by atoms with Crippen LogP contribution in [0.1, 0.15) is 36.5 Å². The van der Waals surface area contributed by atoms with Crippen LogP contribution in [0.3, 0.4) is 0 Å². The number of hydrogen-bond acceptors (Lipinski definition) is 3. The van der Waals surface area contributed by atoms with Gasteiger partial charge < -0.3 is 4.74 Å². The topological polar surface area (TPSA) is 67.4 Å². The quantitative estimate of drug-likeness (QED) is 0.703. The zero-order valence-electron chi connectivity index (χ0n) is 15.1. The van der Waals surface area contributed by atoms with Crippen molar-refractivity contribution >= 4 is 27.7 Å². The summed E-state index contributed by atoms with van der Waals surface area (Å²) in [6, 6.07) is 13.2. The summed E-state index contributed by atoms with van der Waals surface area (Å²) in [4.78, 5) is 23.8. The van der Waals surface area contributed by atoms with E-state index >= 15 is 0 Å². The summed E-state index contributed by atoms with van der Waals surface area (Å²) in [6.45, 7) is 5.92. The molecule has 6 heteroatoms. The molecule has 2 aromatic carbocycles. The Kier molecular flexibility index (Phi) is 7.21. The van der Waals surface area contributed by atoms with Crippen LogP contribution in [-0.4, -0.2) is 18.4 Å². The van der Waals surface area contributed by atoms with Crippen molar-refractivity contribution in [1.82, 2.24) is 10.9 Å². The largest absolute Gasteiger partial charge is 0.483 e. The average Bonchev–Trinajstić information content (AvgIpc) is 2.61. The molecule has 2 rings (SSSR count). The smallest absolute Gasteiger partial charge is 0.276 e. The van der Waals surface area contributed by atoms with Gasteiger partial charge in [-0.1, -0.05) is 60.1 Å². The third-order valence-electron chi connectivity index (χ3n) is 3.82. The molecule has 0 aromatic heterocycles. The molecule has 0 saturated carbocycles. The van der Waals surface area contributed by atoms with E-state index in [0.717, 1.165) is 21.2 Å². The fraction of sp³-hybridized carbons (Fsp3) is 0.300. The number of ether oxygens (including phenoxy) is 1. The number of carbonyl (C=O) groups excluding carboxylic acids is 2. The molecule has 5 nitrogen and oxygen atoms in total. The molecule has 138 valence electrons. The molecule has 0 aliphatic heterocycles. The Morgan fingerprint density at radius 3 is 2.38 bits per heavy atom. The highest BCUT2D eigenvalue weighted by Crippen LogP contribution is 2.32. The van der Waals surface area contributed by atoms with Crippen LogP contribution < -0.4 is 15.6 Å². The van der Waals surface area contributed by atoms with E-state index in [1.807, 2.05) is 49.4 Å². The molecule has 0 saturated heterocycles. The Labute approximate surface area is 162 Å². The van der Waals surface area contributed by atoms with Crippen LogP contribution in [0.5, 0.6) is 5.75 Å². The fourth-order valence-electron chi connectivity index (χ4n) is 2.39. The zero-order chi connectivity index (χ0) is 19.1. The molecule has 2 N–H and O–H groups in total. The lowest BCUT2D eigenvalue weighted by Crippen LogP contribution is -2.44. The monoisotopic (exact) mass is 418 g/mol. The van der Waals surface area contributed by atoms with Crippen molar-refractivity contribution in [2.75, 3.05) is 6.61 Å². The SMILES string of the molecule is Cc1cc(OCC(=O)NNC(=O)Cc2ccccc2)c(C(C)C)cc1Br. The van der Waals surface area contributed by atoms with E-state index in [1.165, 1.54) is 0 Å². The van der Waals surface area contributed by atoms with Crippen LogP contribution in [0.2, 0.25) is 0 Å². The van der Waals surface area contributed by atoms with Crippen molar-refractivity contribution < 1.29 is 14.3 Å². The standard InChI is InChI=1S/C20H23BrN2O3/c1-13(2)16-11-17(21)14(3)9-18(16)26-12-20(25)23-22-19(24)10-15-7-5-4-6-8-15/h4-9,11,13H,10,12H2,1-3H3,(H,22,24)(H,23,25). The van der Waals surface area contributed by atoms with E-state index in [1.54, 1.807) is 0 Å². The Morgan fingerprint density at radius 2 is 1.73 bits per heavy atom. The minimum atomic E-state index is -0.415. The number of nitrogens with one attached hydrogen (secondary N) is 2. The van der Waals surface area contributed by atoms with Crippen LogP contribution in [0, 0.1) is 6.92 Å². The van der Waals surface area contributed by atoms with Gasteiger partial charge in [-0.25, -0.2) is 0 Å². The zero-order valence-corrected chi connectivity index (χ0v) is 16.7. The molecule has 0 radical (unpaired) electrons. The number of amides is 2. The first kappa shape index (κ1) is 20.0. The molecule has 0 fully saturated rings. The van der Waals surface area contributed by atoms with Gasteiger partial charge in [-0.3, -0.25) is 20.4 Å². The fourth-order valence-corrected chi connectivity index (χ4v) is 2.75. The van der Waals surface area contributed by atoms with Crippen LogP contribution in [0.15, 0.2) is 46.9 Å². The molecule has 0 spiro atoms. The van der Waals surface area contributed by atoms with Crippen molar-refractivity contribution in [3.05, 3.63) is 63.6 Å². The van der Waals surface area contributed by atoms with Gasteiger partial charge in [-0.15, -0.1) is 0 Å². The number of hydrogen-bond donors (Lipinski definition) is 2. The van der Waals surface area contributed by atoms with Crippen LogP contribution >= 0.6 is 15.9 Å². The molecule has 0 bridgehead atoms. The highest BCUT2D eigenvalue weighted by atomic mass is 79.9. The maximum Gasteiger partial charge on any atom is 0.276 e. The van der Waals surface area contributed by atoms with Gasteiger partial charge in [0.15, 0.2) is 6.61 Å². The first-order valence-electron chi connectivity index (χ1n) is 8.41. The number of rotatable bonds is 6. The highest BCUT2D eigenvalue weighted by molar-refractivity contribution is 9.10. The molecule has 0 unspecified atom stereocenters. The van der Waals surface area contributed by atoms with Crippen LogP contribution in [0.25, 0.3) is 0 Å². The summed E-state index contributed by atoms with van der Waals surface area (Å²) >= 11 is 3.51. The van der Waals surface area contributed by atoms with Crippen molar-refractivity contribution in [2.24, 2.45) is 0 Å². The third kappa shape index (κ3) is 5.88. The summed E-state index contributed by atoms with van der Waals surface area (Å²) in [5.41, 5.74) is 7.70. The second-order valence-corrected chi connectivity index (χ2v) is 7.20. The van der Waals surface area contributed by atoms with Gasteiger partial charge in [0.1, 0.15) is 5.75 Å². The second-order valence-electron chi connectivity index (χ2n) is 6.34. The number of halogens is 1. The average molecular weight is 419 g/mol. The molecular formula is C20H23BrN2O3. The normalized spacial score (nSPS) is 10.5. The van der Waals surface area contributed by atoms with Crippen molar-refractivity contribution in [3.63, 3.8) is 0 Å². The van der Waals surface area contributed by atoms with Gasteiger partial charge in [0.2, 0.25) is 5.91 Å². The maximum absolute atomic E-state index is 11.9. The van der Waals surface area contributed by atoms with E-state index in [-0.39, 0.29) is 24.9 Å². The van der Waals surface area contributed by atoms with Crippen molar-refractivity contribution in [1.29, 1.82) is 0 Å². The van der Waals surface area contributed by atoms with Crippen LogP contribution in [0.4, 0.5) is 0 Å². The van der Waals surface area contributed by atoms with Crippen LogP contribution in [-0.2, 0) is 16.0 Å². The van der Waals surface area contributed by atoms with E-state index < -0.39 is 5.91 Å². The first-order chi connectivity index (χ1) is 12.4. The summed E-state index contributed by atoms with van der Waals surface area (Å²) in [7, 11) is 0. The molecule has 2 aromatic rings. The van der Waals surface area contributed by atoms with Gasteiger partial charge in [0.05, 0.1) is 6.42 Å². The lowest BCUT2D eigenvalue weighted by atomic mass is 10.0. The highest BCUT2D eigenvalue weighted by Gasteiger charge is 2.13. The van der Waals surface area contributed by atoms with Gasteiger partial charge in [-0.2, -0.15) is 0 Å². The van der Waals surface area contributed by atoms with E-state index in [4.69, 9.17) is 4.74 Å². The molecule has 0 aliphatic carbocycles. The Morgan fingerprint density at radius 1 is 1.08 bits per heavy atom. The lowest BCUT2D eigenvalue weighted by Gasteiger charge is -2.16. The first-order valence-corrected chi connectivity index (χ1v) is 9.20. The summed E-state index contributed by atoms with van der Waals surface area (Å²) in [5.74, 6) is 0.232. The van der Waals surface area contributed by atoms with Crippen molar-refractivity contribution in [3.8, 4) is 5.75 Å². The summed E-state index contributed by atoms with van der Waals surface area (Å²) in [6.07, 6.45) is 0.200. The molecule has 0 heterocycles. The Hall–Kier alpha value is -2.34. The number of benzene rings is 2. The molecule has 0 atom stereocenters. The minimum Gasteiger partial charge on any atom is -0.483 e. The third-order valence-corrected chi connectivity index (χ3v) is 4.68. The molecule has 0 aliphatic rings. The second kappa shape index (κ2) is 9.38. The molecular weight excluding hydrogens is 396 g/mol. The lowest BCUT2D eigenvalue weighted by molar-refractivity contribution is -0.129. The van der Waals surface area contributed by atoms with Gasteiger partial charge in [0.25, 0.3) is 5.91 Å². The van der Waals surface area contributed by atoms with E-state index in [2.05, 4.69) is 40.6 Å². The molecule has 2 amide bonds. The Balaban J connectivity index is 1.85. The number of carbonyl (C=O) groups is 2.